The summed E-state index contributed by atoms with van der Waals surface area (Å²) in [5, 5.41) is 10.3. The van der Waals surface area contributed by atoms with Gasteiger partial charge in [-0.05, 0) is 18.2 Å². The number of carbonyl (C=O) groups excluding carboxylic acids is 1. The highest BCUT2D eigenvalue weighted by Gasteiger charge is 2.31. The fourth-order valence-electron chi connectivity index (χ4n) is 3.46. The first kappa shape index (κ1) is 19.7. The SMILES string of the molecule is NC(=O)c1n[nH]nc1-c1ccccc1N1CCN(c2ccc(C(F)(F)F)cn2)CC1. The molecule has 8 nitrogen and oxygen atoms in total. The molecule has 0 bridgehead atoms. The van der Waals surface area contributed by atoms with Gasteiger partial charge in [0.05, 0.1) is 5.56 Å². The summed E-state index contributed by atoms with van der Waals surface area (Å²) in [6.07, 6.45) is -3.55. The van der Waals surface area contributed by atoms with E-state index >= 15 is 0 Å². The number of hydrogen-bond donors (Lipinski definition) is 2. The average molecular weight is 417 g/mol. The Labute approximate surface area is 169 Å². The van der Waals surface area contributed by atoms with E-state index in [1.165, 1.54) is 6.07 Å². The van der Waals surface area contributed by atoms with E-state index in [1.54, 1.807) is 0 Å². The largest absolute Gasteiger partial charge is 0.417 e. The summed E-state index contributed by atoms with van der Waals surface area (Å²) in [5.74, 6) is -0.171. The monoisotopic (exact) mass is 417 g/mol. The first-order valence-corrected chi connectivity index (χ1v) is 9.17. The van der Waals surface area contributed by atoms with Gasteiger partial charge >= 0.3 is 6.18 Å². The van der Waals surface area contributed by atoms with Crippen molar-refractivity contribution in [3.05, 3.63) is 53.9 Å². The zero-order valence-electron chi connectivity index (χ0n) is 15.7. The van der Waals surface area contributed by atoms with Crippen LogP contribution in [0.15, 0.2) is 42.6 Å². The number of amides is 1. The Kier molecular flexibility index (Phi) is 5.02. The molecule has 156 valence electrons. The molecule has 1 fully saturated rings. The molecule has 3 N–H and O–H groups in total. The number of rotatable bonds is 4. The molecule has 30 heavy (non-hydrogen) atoms. The van der Waals surface area contributed by atoms with Gasteiger partial charge in [0, 0.05) is 43.6 Å². The number of nitrogens with two attached hydrogens (primary N) is 1. The van der Waals surface area contributed by atoms with Crippen molar-refractivity contribution in [3.63, 3.8) is 0 Å². The molecule has 1 amide bonds. The van der Waals surface area contributed by atoms with Crippen molar-refractivity contribution in [2.75, 3.05) is 36.0 Å². The molecule has 3 heterocycles. The molecule has 0 radical (unpaired) electrons. The number of alkyl halides is 3. The number of hydrogen-bond acceptors (Lipinski definition) is 6. The van der Waals surface area contributed by atoms with Gasteiger partial charge < -0.3 is 15.5 Å². The third-order valence-electron chi connectivity index (χ3n) is 4.96. The Morgan fingerprint density at radius 2 is 1.70 bits per heavy atom. The van der Waals surface area contributed by atoms with Gasteiger partial charge in [-0.15, -0.1) is 0 Å². The molecular weight excluding hydrogens is 399 g/mol. The summed E-state index contributed by atoms with van der Waals surface area (Å²) in [5.41, 5.74) is 6.66. The van der Waals surface area contributed by atoms with Gasteiger partial charge in [0.1, 0.15) is 11.5 Å². The standard InChI is InChI=1S/C19H18F3N7O/c20-19(21,22)12-5-6-15(24-11-12)29-9-7-28(8-10-29)14-4-2-1-3-13(14)16-17(18(23)30)26-27-25-16/h1-6,11H,7-10H2,(H2,23,30)(H,25,26,27). The van der Waals surface area contributed by atoms with Gasteiger partial charge in [-0.3, -0.25) is 4.79 Å². The van der Waals surface area contributed by atoms with Crippen molar-refractivity contribution in [1.29, 1.82) is 0 Å². The number of para-hydroxylation sites is 1. The Balaban J connectivity index is 1.51. The molecule has 0 atom stereocenters. The van der Waals surface area contributed by atoms with Crippen LogP contribution in [0.4, 0.5) is 24.7 Å². The highest BCUT2D eigenvalue weighted by atomic mass is 19.4. The van der Waals surface area contributed by atoms with Crippen molar-refractivity contribution in [1.82, 2.24) is 20.4 Å². The van der Waals surface area contributed by atoms with E-state index < -0.39 is 17.6 Å². The number of pyridine rings is 1. The van der Waals surface area contributed by atoms with E-state index in [4.69, 9.17) is 5.73 Å². The Morgan fingerprint density at radius 3 is 2.33 bits per heavy atom. The van der Waals surface area contributed by atoms with Gasteiger partial charge in [-0.25, -0.2) is 4.98 Å². The Bertz CT molecular complexity index is 1040. The van der Waals surface area contributed by atoms with Gasteiger partial charge in [-0.1, -0.05) is 18.2 Å². The molecule has 2 aromatic heterocycles. The minimum atomic E-state index is -4.40. The Hall–Kier alpha value is -3.63. The van der Waals surface area contributed by atoms with Gasteiger partial charge in [-0.2, -0.15) is 28.6 Å². The molecule has 4 rings (SSSR count). The molecular formula is C19H18F3N7O. The third kappa shape index (κ3) is 3.78. The normalized spacial score (nSPS) is 14.8. The number of aromatic nitrogens is 4. The molecule has 3 aromatic rings. The number of H-pyrrole nitrogens is 1. The molecule has 1 saturated heterocycles. The van der Waals surface area contributed by atoms with Crippen LogP contribution in [0.25, 0.3) is 11.3 Å². The first-order chi connectivity index (χ1) is 14.3. The number of piperazine rings is 1. The van der Waals surface area contributed by atoms with Crippen LogP contribution in [-0.2, 0) is 6.18 Å². The van der Waals surface area contributed by atoms with Crippen molar-refractivity contribution >= 4 is 17.4 Å². The van der Waals surface area contributed by atoms with Crippen molar-refractivity contribution in [2.45, 2.75) is 6.18 Å². The highest BCUT2D eigenvalue weighted by molar-refractivity contribution is 5.98. The minimum absolute atomic E-state index is 0.0649. The van der Waals surface area contributed by atoms with Crippen LogP contribution in [0, 0.1) is 0 Å². The van der Waals surface area contributed by atoms with Crippen molar-refractivity contribution in [2.24, 2.45) is 5.73 Å². The molecule has 1 aromatic carbocycles. The van der Waals surface area contributed by atoms with Crippen LogP contribution < -0.4 is 15.5 Å². The number of nitrogens with one attached hydrogen (secondary N) is 1. The third-order valence-corrected chi connectivity index (χ3v) is 4.96. The van der Waals surface area contributed by atoms with Gasteiger partial charge in [0.15, 0.2) is 5.69 Å². The fraction of sp³-hybridized carbons (Fsp3) is 0.263. The number of nitrogens with zero attached hydrogens (tertiary/aromatic N) is 5. The van der Waals surface area contributed by atoms with Crippen molar-refractivity contribution in [3.8, 4) is 11.3 Å². The summed E-state index contributed by atoms with van der Waals surface area (Å²) in [7, 11) is 0. The summed E-state index contributed by atoms with van der Waals surface area (Å²) < 4.78 is 38.2. The second kappa shape index (κ2) is 7.65. The molecule has 11 heteroatoms. The zero-order valence-corrected chi connectivity index (χ0v) is 15.7. The maximum absolute atomic E-state index is 12.7. The topological polar surface area (TPSA) is 104 Å². The van der Waals surface area contributed by atoms with Crippen LogP contribution >= 0.6 is 0 Å². The lowest BCUT2D eigenvalue weighted by molar-refractivity contribution is -0.137. The molecule has 0 unspecified atom stereocenters. The minimum Gasteiger partial charge on any atom is -0.367 e. The quantitative estimate of drug-likeness (QED) is 0.675. The van der Waals surface area contributed by atoms with Crippen LogP contribution in [0.1, 0.15) is 16.1 Å². The summed E-state index contributed by atoms with van der Waals surface area (Å²) >= 11 is 0. The van der Waals surface area contributed by atoms with Crippen LogP contribution in [0.5, 0.6) is 0 Å². The van der Waals surface area contributed by atoms with Gasteiger partial charge in [0.2, 0.25) is 0 Å². The highest BCUT2D eigenvalue weighted by Crippen LogP contribution is 2.32. The van der Waals surface area contributed by atoms with Crippen LogP contribution in [0.3, 0.4) is 0 Å². The second-order valence-electron chi connectivity index (χ2n) is 6.78. The number of aromatic amines is 1. The van der Waals surface area contributed by atoms with E-state index in [-0.39, 0.29) is 5.69 Å². The lowest BCUT2D eigenvalue weighted by atomic mass is 10.1. The number of anilines is 2. The first-order valence-electron chi connectivity index (χ1n) is 9.17. The lowest BCUT2D eigenvalue weighted by Gasteiger charge is -2.37. The van der Waals surface area contributed by atoms with Gasteiger partial charge in [0.25, 0.3) is 5.91 Å². The Morgan fingerprint density at radius 1 is 1.00 bits per heavy atom. The average Bonchev–Trinajstić information content (AvgIpc) is 3.24. The summed E-state index contributed by atoms with van der Waals surface area (Å²) in [6.45, 7) is 2.38. The molecule has 0 spiro atoms. The molecule has 0 saturated carbocycles. The zero-order chi connectivity index (χ0) is 21.3. The maximum atomic E-state index is 12.7. The summed E-state index contributed by atoms with van der Waals surface area (Å²) in [6, 6.07) is 9.90. The maximum Gasteiger partial charge on any atom is 0.417 e. The van der Waals surface area contributed by atoms with Crippen LogP contribution in [-0.4, -0.2) is 52.5 Å². The van der Waals surface area contributed by atoms with E-state index in [9.17, 15) is 18.0 Å². The number of primary amides is 1. The predicted molar refractivity (Wildman–Crippen MR) is 104 cm³/mol. The van der Waals surface area contributed by atoms with E-state index in [2.05, 4.69) is 25.3 Å². The van der Waals surface area contributed by atoms with Crippen molar-refractivity contribution < 1.29 is 18.0 Å². The fourth-order valence-corrected chi connectivity index (χ4v) is 3.46. The number of halogens is 3. The second-order valence-corrected chi connectivity index (χ2v) is 6.78. The van der Waals surface area contributed by atoms with E-state index in [0.29, 0.717) is 37.7 Å². The van der Waals surface area contributed by atoms with Crippen LogP contribution in [0.2, 0.25) is 0 Å². The smallest absolute Gasteiger partial charge is 0.367 e. The van der Waals surface area contributed by atoms with E-state index in [1.807, 2.05) is 29.2 Å². The predicted octanol–water partition coefficient (Wildman–Crippen LogP) is 2.31. The number of benzene rings is 1. The molecule has 1 aliphatic heterocycles. The molecule has 1 aliphatic rings. The van der Waals surface area contributed by atoms with E-state index in [0.717, 1.165) is 23.5 Å². The summed E-state index contributed by atoms with van der Waals surface area (Å²) in [4.78, 5) is 19.7. The molecule has 0 aliphatic carbocycles. The number of carbonyl (C=O) groups is 1. The lowest BCUT2D eigenvalue weighted by Crippen LogP contribution is -2.47.